The van der Waals surface area contributed by atoms with Crippen LogP contribution in [0, 0.1) is 0 Å². The second-order valence-corrected chi connectivity index (χ2v) is 4.18. The average molecular weight is 195 g/mol. The summed E-state index contributed by atoms with van der Waals surface area (Å²) >= 11 is 0. The summed E-state index contributed by atoms with van der Waals surface area (Å²) in [4.78, 5) is 11.6. The molecule has 76 valence electrons. The van der Waals surface area contributed by atoms with E-state index in [0.717, 1.165) is 4.73 Å². The van der Waals surface area contributed by atoms with Crippen molar-refractivity contribution in [1.82, 2.24) is 5.32 Å². The third kappa shape index (κ3) is 3.05. The van der Waals surface area contributed by atoms with Crippen LogP contribution in [0.4, 0.5) is 0 Å². The van der Waals surface area contributed by atoms with Crippen molar-refractivity contribution in [2.45, 2.75) is 26.3 Å². The van der Waals surface area contributed by atoms with Gasteiger partial charge in [-0.3, -0.25) is 10.0 Å². The summed E-state index contributed by atoms with van der Waals surface area (Å²) in [6.07, 6.45) is 2.81. The first-order chi connectivity index (χ1) is 6.38. The Balaban J connectivity index is 2.80. The van der Waals surface area contributed by atoms with Crippen LogP contribution in [0.5, 0.6) is 0 Å². The van der Waals surface area contributed by atoms with E-state index >= 15 is 0 Å². The van der Waals surface area contributed by atoms with Crippen LogP contribution in [0.3, 0.4) is 0 Å². The number of pyridine rings is 1. The third-order valence-electron chi connectivity index (χ3n) is 1.54. The fourth-order valence-corrected chi connectivity index (χ4v) is 1.01. The van der Waals surface area contributed by atoms with Crippen LogP contribution in [-0.4, -0.2) is 16.7 Å². The van der Waals surface area contributed by atoms with E-state index in [1.54, 1.807) is 12.1 Å². The molecule has 14 heavy (non-hydrogen) atoms. The molecule has 1 heterocycles. The van der Waals surface area contributed by atoms with E-state index in [9.17, 15) is 4.79 Å². The Kier molecular flexibility index (Phi) is 2.74. The number of hydrogen-bond acceptors (Lipinski definition) is 2. The molecular weight excluding hydrogens is 180 g/mol. The number of nitrogens with one attached hydrogen (secondary N) is 1. The molecule has 1 aromatic heterocycles. The van der Waals surface area contributed by atoms with Crippen LogP contribution in [0.2, 0.25) is 0 Å². The van der Waals surface area contributed by atoms with Gasteiger partial charge in [-0.25, -0.2) is 0 Å². The number of rotatable bonds is 1. The number of amides is 1. The van der Waals surface area contributed by atoms with Gasteiger partial charge in [0.25, 0.3) is 5.91 Å². The van der Waals surface area contributed by atoms with Crippen molar-refractivity contribution in [2.24, 2.45) is 0 Å². The third-order valence-corrected chi connectivity index (χ3v) is 1.54. The monoisotopic (exact) mass is 195 g/mol. The Labute approximate surface area is 83.1 Å². The normalized spacial score (nSPS) is 11.1. The maximum atomic E-state index is 11.6. The minimum absolute atomic E-state index is 0.194. The fourth-order valence-electron chi connectivity index (χ4n) is 1.01. The van der Waals surface area contributed by atoms with Crippen LogP contribution >= 0.6 is 0 Å². The molecular formula is C10H15N2O2+. The molecule has 0 unspecified atom stereocenters. The molecule has 4 nitrogen and oxygen atoms in total. The van der Waals surface area contributed by atoms with Crippen molar-refractivity contribution >= 4 is 5.91 Å². The molecule has 0 atom stereocenters. The maximum absolute atomic E-state index is 11.6. The van der Waals surface area contributed by atoms with Crippen LogP contribution in [0.1, 0.15) is 31.1 Å². The zero-order valence-electron chi connectivity index (χ0n) is 8.61. The van der Waals surface area contributed by atoms with Gasteiger partial charge in [0.2, 0.25) is 12.4 Å². The Hall–Kier alpha value is -1.58. The predicted octanol–water partition coefficient (Wildman–Crippen LogP) is 0.740. The summed E-state index contributed by atoms with van der Waals surface area (Å²) in [5.74, 6) is -0.194. The molecule has 1 rings (SSSR count). The standard InChI is InChI=1S/C10H14N2O2/c1-10(2,3)11-9(13)8-5-4-6-12(14)7-8/h4-7H,1-3H3,(H-,11,13,14)/p+1. The van der Waals surface area contributed by atoms with E-state index in [1.165, 1.54) is 12.4 Å². The lowest BCUT2D eigenvalue weighted by molar-refractivity contribution is -0.904. The number of hydrogen-bond donors (Lipinski definition) is 2. The maximum Gasteiger partial charge on any atom is 0.257 e. The van der Waals surface area contributed by atoms with Crippen LogP contribution < -0.4 is 10.0 Å². The Bertz CT molecular complexity index is 342. The quantitative estimate of drug-likeness (QED) is 0.513. The summed E-state index contributed by atoms with van der Waals surface area (Å²) in [7, 11) is 0. The molecule has 0 aromatic carbocycles. The molecule has 0 aliphatic rings. The number of aromatic nitrogens is 1. The zero-order valence-corrected chi connectivity index (χ0v) is 8.61. The lowest BCUT2D eigenvalue weighted by Gasteiger charge is -2.19. The van der Waals surface area contributed by atoms with E-state index < -0.39 is 0 Å². The van der Waals surface area contributed by atoms with Crippen LogP contribution in [0.15, 0.2) is 24.5 Å². The largest absolute Gasteiger partial charge is 0.347 e. The van der Waals surface area contributed by atoms with Gasteiger partial charge in [-0.1, -0.05) is 0 Å². The van der Waals surface area contributed by atoms with E-state index in [0.29, 0.717) is 5.56 Å². The summed E-state index contributed by atoms with van der Waals surface area (Å²) in [5.41, 5.74) is 0.164. The fraction of sp³-hybridized carbons (Fsp3) is 0.400. The highest BCUT2D eigenvalue weighted by molar-refractivity contribution is 5.94. The lowest BCUT2D eigenvalue weighted by Crippen LogP contribution is -2.41. The summed E-state index contributed by atoms with van der Waals surface area (Å²) in [6, 6.07) is 3.26. The first-order valence-corrected chi connectivity index (χ1v) is 4.41. The first-order valence-electron chi connectivity index (χ1n) is 4.41. The zero-order chi connectivity index (χ0) is 10.8. The van der Waals surface area contributed by atoms with Gasteiger partial charge >= 0.3 is 0 Å². The van der Waals surface area contributed by atoms with Crippen molar-refractivity contribution in [1.29, 1.82) is 0 Å². The highest BCUT2D eigenvalue weighted by Crippen LogP contribution is 2.02. The van der Waals surface area contributed by atoms with Crippen LogP contribution in [0.25, 0.3) is 0 Å². The number of nitrogens with zero attached hydrogens (tertiary/aromatic N) is 1. The molecule has 2 N–H and O–H groups in total. The van der Waals surface area contributed by atoms with E-state index in [1.807, 2.05) is 20.8 Å². The summed E-state index contributed by atoms with van der Waals surface area (Å²) < 4.78 is 0.859. The lowest BCUT2D eigenvalue weighted by atomic mass is 10.1. The molecule has 0 aliphatic heterocycles. The van der Waals surface area contributed by atoms with Gasteiger partial charge in [-0.05, 0) is 26.8 Å². The second-order valence-electron chi connectivity index (χ2n) is 4.18. The molecule has 0 saturated carbocycles. The minimum atomic E-state index is -0.271. The van der Waals surface area contributed by atoms with Gasteiger partial charge in [0, 0.05) is 16.3 Å². The van der Waals surface area contributed by atoms with E-state index in [-0.39, 0.29) is 11.4 Å². The highest BCUT2D eigenvalue weighted by atomic mass is 16.5. The SMILES string of the molecule is CC(C)(C)NC(=O)c1ccc[n+](O)c1. The summed E-state index contributed by atoms with van der Waals surface area (Å²) in [5, 5.41) is 11.9. The second kappa shape index (κ2) is 3.65. The van der Waals surface area contributed by atoms with Crippen molar-refractivity contribution in [3.05, 3.63) is 30.1 Å². The van der Waals surface area contributed by atoms with Crippen molar-refractivity contribution in [2.75, 3.05) is 0 Å². The van der Waals surface area contributed by atoms with Gasteiger partial charge in [0.05, 0.1) is 0 Å². The minimum Gasteiger partial charge on any atom is -0.347 e. The molecule has 4 heteroatoms. The molecule has 1 aromatic rings. The van der Waals surface area contributed by atoms with Gasteiger partial charge in [0.15, 0.2) is 0 Å². The Morgan fingerprint density at radius 3 is 2.64 bits per heavy atom. The average Bonchev–Trinajstić information content (AvgIpc) is 2.01. The van der Waals surface area contributed by atoms with Gasteiger partial charge < -0.3 is 5.32 Å². The van der Waals surface area contributed by atoms with Gasteiger partial charge in [-0.15, -0.1) is 0 Å². The molecule has 0 radical (unpaired) electrons. The number of carbonyl (C=O) groups is 1. The molecule has 0 saturated heterocycles. The van der Waals surface area contributed by atoms with Crippen molar-refractivity contribution in [3.8, 4) is 0 Å². The molecule has 0 bridgehead atoms. The summed E-state index contributed by atoms with van der Waals surface area (Å²) in [6.45, 7) is 5.71. The number of carbonyl (C=O) groups excluding carboxylic acids is 1. The Morgan fingerprint density at radius 1 is 1.50 bits per heavy atom. The Morgan fingerprint density at radius 2 is 2.14 bits per heavy atom. The molecule has 0 spiro atoms. The van der Waals surface area contributed by atoms with Crippen molar-refractivity contribution in [3.63, 3.8) is 0 Å². The molecule has 0 aliphatic carbocycles. The van der Waals surface area contributed by atoms with Crippen molar-refractivity contribution < 1.29 is 14.7 Å². The van der Waals surface area contributed by atoms with Crippen LogP contribution in [-0.2, 0) is 0 Å². The van der Waals surface area contributed by atoms with E-state index in [4.69, 9.17) is 5.21 Å². The molecule has 1 amide bonds. The smallest absolute Gasteiger partial charge is 0.257 e. The topological polar surface area (TPSA) is 53.2 Å². The van der Waals surface area contributed by atoms with Gasteiger partial charge in [0.1, 0.15) is 5.56 Å². The van der Waals surface area contributed by atoms with Gasteiger partial charge in [-0.2, -0.15) is 0 Å². The highest BCUT2D eigenvalue weighted by Gasteiger charge is 2.17. The first kappa shape index (κ1) is 10.5. The molecule has 0 fully saturated rings. The van der Waals surface area contributed by atoms with E-state index in [2.05, 4.69) is 5.32 Å². The predicted molar refractivity (Wildman–Crippen MR) is 51.0 cm³/mol.